The van der Waals surface area contributed by atoms with E-state index in [0.29, 0.717) is 17.4 Å². The zero-order valence-corrected chi connectivity index (χ0v) is 16.2. The molecule has 0 atom stereocenters. The Morgan fingerprint density at radius 2 is 1.73 bits per heavy atom. The van der Waals surface area contributed by atoms with Gasteiger partial charge in [0.25, 0.3) is 0 Å². The van der Waals surface area contributed by atoms with Crippen LogP contribution >= 0.6 is 22.9 Å². The van der Waals surface area contributed by atoms with Crippen LogP contribution in [0.25, 0.3) is 11.3 Å². The summed E-state index contributed by atoms with van der Waals surface area (Å²) >= 11 is 7.44. The Morgan fingerprint density at radius 3 is 2.38 bits per heavy atom. The number of carbonyl (C=O) groups is 1. The van der Waals surface area contributed by atoms with E-state index in [1.165, 1.54) is 0 Å². The third-order valence-electron chi connectivity index (χ3n) is 3.66. The molecule has 0 aliphatic carbocycles. The number of rotatable bonds is 6. The van der Waals surface area contributed by atoms with Crippen molar-refractivity contribution < 1.29 is 4.79 Å². The molecule has 26 heavy (non-hydrogen) atoms. The molecule has 0 fully saturated rings. The van der Waals surface area contributed by atoms with Crippen molar-refractivity contribution in [3.63, 3.8) is 0 Å². The number of halogens is 1. The summed E-state index contributed by atoms with van der Waals surface area (Å²) in [7, 11) is 0. The Hall–Kier alpha value is -2.37. The van der Waals surface area contributed by atoms with Crippen molar-refractivity contribution in [1.82, 2.24) is 4.98 Å². The van der Waals surface area contributed by atoms with Gasteiger partial charge in [-0.15, -0.1) is 11.3 Å². The molecule has 1 amide bonds. The zero-order valence-electron chi connectivity index (χ0n) is 14.6. The minimum Gasteiger partial charge on any atom is -0.332 e. The number of aromatic nitrogens is 1. The molecule has 2 N–H and O–H groups in total. The van der Waals surface area contributed by atoms with E-state index < -0.39 is 0 Å². The van der Waals surface area contributed by atoms with Crippen molar-refractivity contribution in [1.29, 1.82) is 0 Å². The average molecular weight is 386 g/mol. The van der Waals surface area contributed by atoms with Crippen molar-refractivity contribution >= 4 is 45.4 Å². The summed E-state index contributed by atoms with van der Waals surface area (Å²) in [6, 6.07) is 15.2. The van der Waals surface area contributed by atoms with Gasteiger partial charge in [0, 0.05) is 33.8 Å². The molecule has 3 rings (SSSR count). The van der Waals surface area contributed by atoms with Crippen LogP contribution in [-0.4, -0.2) is 10.9 Å². The van der Waals surface area contributed by atoms with Crippen molar-refractivity contribution in [3.8, 4) is 11.3 Å². The van der Waals surface area contributed by atoms with Crippen LogP contribution in [-0.2, 0) is 4.79 Å². The normalized spacial score (nSPS) is 10.8. The van der Waals surface area contributed by atoms with Crippen molar-refractivity contribution in [2.24, 2.45) is 5.92 Å². The molecule has 0 spiro atoms. The first-order valence-electron chi connectivity index (χ1n) is 8.38. The number of benzene rings is 2. The zero-order chi connectivity index (χ0) is 18.5. The number of hydrogen-bond donors (Lipinski definition) is 2. The van der Waals surface area contributed by atoms with Gasteiger partial charge in [-0.3, -0.25) is 4.79 Å². The molecule has 4 nitrogen and oxygen atoms in total. The second-order valence-corrected chi connectivity index (χ2v) is 7.69. The van der Waals surface area contributed by atoms with E-state index in [2.05, 4.69) is 15.6 Å². The molecule has 0 bridgehead atoms. The van der Waals surface area contributed by atoms with Crippen molar-refractivity contribution in [3.05, 3.63) is 58.9 Å². The Labute approximate surface area is 162 Å². The summed E-state index contributed by atoms with van der Waals surface area (Å²) in [5.74, 6) is 0.381. The Kier molecular flexibility index (Phi) is 5.91. The third-order valence-corrected chi connectivity index (χ3v) is 4.67. The fraction of sp³-hybridized carbons (Fsp3) is 0.200. The van der Waals surface area contributed by atoms with Crippen LogP contribution < -0.4 is 10.6 Å². The number of amides is 1. The van der Waals surface area contributed by atoms with Gasteiger partial charge in [0.1, 0.15) is 0 Å². The molecule has 2 aromatic carbocycles. The lowest BCUT2D eigenvalue weighted by molar-refractivity contribution is -0.116. The van der Waals surface area contributed by atoms with E-state index in [9.17, 15) is 4.79 Å². The molecule has 0 saturated carbocycles. The van der Waals surface area contributed by atoms with Gasteiger partial charge < -0.3 is 10.6 Å². The number of hydrogen-bond acceptors (Lipinski definition) is 4. The Bertz CT molecular complexity index is 873. The molecule has 0 saturated heterocycles. The van der Waals surface area contributed by atoms with Gasteiger partial charge >= 0.3 is 0 Å². The van der Waals surface area contributed by atoms with Crippen LogP contribution in [0.15, 0.2) is 53.9 Å². The number of carbonyl (C=O) groups excluding carboxylic acids is 1. The molecule has 0 aliphatic rings. The summed E-state index contributed by atoms with van der Waals surface area (Å²) in [6.45, 7) is 4.06. The SMILES string of the molecule is CC(C)CC(=O)Nc1ccc(-c2csc(Nc3ccc(Cl)cc3)n2)cc1. The fourth-order valence-corrected chi connectivity index (χ4v) is 3.29. The summed E-state index contributed by atoms with van der Waals surface area (Å²) in [5, 5.41) is 9.71. The predicted molar refractivity (Wildman–Crippen MR) is 110 cm³/mol. The largest absolute Gasteiger partial charge is 0.332 e. The predicted octanol–water partition coefficient (Wildman–Crippen LogP) is 6.19. The number of thiazole rings is 1. The maximum Gasteiger partial charge on any atom is 0.224 e. The molecular weight excluding hydrogens is 366 g/mol. The lowest BCUT2D eigenvalue weighted by Gasteiger charge is -2.07. The monoisotopic (exact) mass is 385 g/mol. The highest BCUT2D eigenvalue weighted by Gasteiger charge is 2.07. The van der Waals surface area contributed by atoms with Crippen LogP contribution in [0.5, 0.6) is 0 Å². The van der Waals surface area contributed by atoms with E-state index in [1.54, 1.807) is 11.3 Å². The van der Waals surface area contributed by atoms with Gasteiger partial charge in [0.05, 0.1) is 5.69 Å². The topological polar surface area (TPSA) is 54.0 Å². The molecule has 1 aromatic heterocycles. The number of nitrogens with one attached hydrogen (secondary N) is 2. The van der Waals surface area contributed by atoms with Crippen LogP contribution in [0.2, 0.25) is 5.02 Å². The van der Waals surface area contributed by atoms with E-state index in [1.807, 2.05) is 67.8 Å². The summed E-state index contributed by atoms with van der Waals surface area (Å²) < 4.78 is 0. The summed E-state index contributed by atoms with van der Waals surface area (Å²) in [6.07, 6.45) is 0.521. The quantitative estimate of drug-likeness (QED) is 0.531. The lowest BCUT2D eigenvalue weighted by atomic mass is 10.1. The highest BCUT2D eigenvalue weighted by molar-refractivity contribution is 7.14. The van der Waals surface area contributed by atoms with E-state index in [4.69, 9.17) is 11.6 Å². The van der Waals surface area contributed by atoms with Gasteiger partial charge in [-0.05, 0) is 42.3 Å². The summed E-state index contributed by atoms with van der Waals surface area (Å²) in [4.78, 5) is 16.5. The lowest BCUT2D eigenvalue weighted by Crippen LogP contribution is -2.13. The van der Waals surface area contributed by atoms with Crippen LogP contribution in [0, 0.1) is 5.92 Å². The molecule has 0 radical (unpaired) electrons. The van der Waals surface area contributed by atoms with Crippen LogP contribution in [0.4, 0.5) is 16.5 Å². The molecule has 3 aromatic rings. The Morgan fingerprint density at radius 1 is 1.08 bits per heavy atom. The van der Waals surface area contributed by atoms with Crippen LogP contribution in [0.3, 0.4) is 0 Å². The molecule has 6 heteroatoms. The number of anilines is 3. The van der Waals surface area contributed by atoms with Gasteiger partial charge in [-0.2, -0.15) is 0 Å². The van der Waals surface area contributed by atoms with E-state index >= 15 is 0 Å². The van der Waals surface area contributed by atoms with E-state index in [0.717, 1.165) is 27.8 Å². The second kappa shape index (κ2) is 8.34. The van der Waals surface area contributed by atoms with Gasteiger partial charge in [-0.1, -0.05) is 37.6 Å². The maximum atomic E-state index is 11.8. The smallest absolute Gasteiger partial charge is 0.224 e. The highest BCUT2D eigenvalue weighted by Crippen LogP contribution is 2.28. The van der Waals surface area contributed by atoms with E-state index in [-0.39, 0.29) is 5.91 Å². The fourth-order valence-electron chi connectivity index (χ4n) is 2.43. The molecule has 0 aliphatic heterocycles. The highest BCUT2D eigenvalue weighted by atomic mass is 35.5. The standard InChI is InChI=1S/C20H20ClN3OS/c1-13(2)11-19(25)22-16-7-3-14(4-8-16)18-12-26-20(24-18)23-17-9-5-15(21)6-10-17/h3-10,12-13H,11H2,1-2H3,(H,22,25)(H,23,24). The van der Waals surface area contributed by atoms with Crippen molar-refractivity contribution in [2.75, 3.05) is 10.6 Å². The Balaban J connectivity index is 1.65. The van der Waals surface area contributed by atoms with Gasteiger partial charge in [0.15, 0.2) is 5.13 Å². The third kappa shape index (κ3) is 5.07. The first kappa shape index (κ1) is 18.4. The maximum absolute atomic E-state index is 11.8. The molecular formula is C20H20ClN3OS. The van der Waals surface area contributed by atoms with Crippen molar-refractivity contribution in [2.45, 2.75) is 20.3 Å². The summed E-state index contributed by atoms with van der Waals surface area (Å²) in [5.41, 5.74) is 3.64. The molecule has 1 heterocycles. The first-order valence-corrected chi connectivity index (χ1v) is 9.64. The minimum absolute atomic E-state index is 0.0378. The first-order chi connectivity index (χ1) is 12.5. The van der Waals surface area contributed by atoms with Gasteiger partial charge in [-0.25, -0.2) is 4.98 Å². The molecule has 134 valence electrons. The average Bonchev–Trinajstić information content (AvgIpc) is 3.05. The number of nitrogens with zero attached hydrogens (tertiary/aromatic N) is 1. The second-order valence-electron chi connectivity index (χ2n) is 6.39. The van der Waals surface area contributed by atoms with Gasteiger partial charge in [0.2, 0.25) is 5.91 Å². The minimum atomic E-state index is 0.0378. The molecule has 0 unspecified atom stereocenters. The van der Waals surface area contributed by atoms with Crippen LogP contribution in [0.1, 0.15) is 20.3 Å².